The Morgan fingerprint density at radius 2 is 2.21 bits per heavy atom. The number of rotatable bonds is 3. The molecule has 0 aliphatic heterocycles. The average Bonchev–Trinajstić information content (AvgIpc) is 2.02. The molecule has 1 aliphatic rings. The molecule has 3 nitrogen and oxygen atoms in total. The van der Waals surface area contributed by atoms with Gasteiger partial charge in [-0.15, -0.1) is 0 Å². The molecule has 4 heteroatoms. The molecule has 1 rings (SSSR count). The maximum atomic E-state index is 10.6. The zero-order valence-corrected chi connectivity index (χ0v) is 9.55. The van der Waals surface area contributed by atoms with Crippen molar-refractivity contribution in [2.45, 2.75) is 33.1 Å². The van der Waals surface area contributed by atoms with Crippen LogP contribution < -0.4 is 0 Å². The lowest BCUT2D eigenvalue weighted by Crippen LogP contribution is -2.15. The van der Waals surface area contributed by atoms with Crippen LogP contribution in [0.1, 0.15) is 33.1 Å². The van der Waals surface area contributed by atoms with Crippen LogP contribution in [0.5, 0.6) is 0 Å². The van der Waals surface area contributed by atoms with Gasteiger partial charge in [-0.3, -0.25) is 4.55 Å². The first-order chi connectivity index (χ1) is 6.38. The summed E-state index contributed by atoms with van der Waals surface area (Å²) in [6.45, 7) is 4.37. The number of hydrogen-bond donors (Lipinski definition) is 1. The fraction of sp³-hybridized carbons (Fsp3) is 0.800. The lowest BCUT2D eigenvalue weighted by atomic mass is 9.83. The highest BCUT2D eigenvalue weighted by molar-refractivity contribution is 7.85. The monoisotopic (exact) mass is 218 g/mol. The molecule has 0 saturated carbocycles. The molecule has 0 amide bonds. The first-order valence-corrected chi connectivity index (χ1v) is 6.62. The highest BCUT2D eigenvalue weighted by Crippen LogP contribution is 2.29. The molecule has 0 aromatic heterocycles. The second-order valence-corrected chi connectivity index (χ2v) is 5.82. The van der Waals surface area contributed by atoms with E-state index in [1.807, 2.05) is 6.08 Å². The van der Waals surface area contributed by atoms with Crippen LogP contribution in [0.15, 0.2) is 11.6 Å². The van der Waals surface area contributed by atoms with E-state index in [0.717, 1.165) is 24.8 Å². The second kappa shape index (κ2) is 4.45. The van der Waals surface area contributed by atoms with Gasteiger partial charge in [0.2, 0.25) is 0 Å². The summed E-state index contributed by atoms with van der Waals surface area (Å²) in [7, 11) is -3.83. The molecular formula is C10H18O3S. The topological polar surface area (TPSA) is 54.4 Å². The van der Waals surface area contributed by atoms with Crippen molar-refractivity contribution in [2.75, 3.05) is 5.75 Å². The van der Waals surface area contributed by atoms with Crippen LogP contribution >= 0.6 is 0 Å². The third-order valence-corrected chi connectivity index (χ3v) is 3.59. The lowest BCUT2D eigenvalue weighted by molar-refractivity contribution is 0.350. The van der Waals surface area contributed by atoms with Gasteiger partial charge in [-0.2, -0.15) is 8.42 Å². The Hall–Kier alpha value is -0.350. The fourth-order valence-corrected chi connectivity index (χ4v) is 2.61. The minimum atomic E-state index is -3.83. The van der Waals surface area contributed by atoms with E-state index < -0.39 is 10.1 Å². The third-order valence-electron chi connectivity index (χ3n) is 2.86. The Labute approximate surface area is 86.0 Å². The molecule has 1 aliphatic carbocycles. The summed E-state index contributed by atoms with van der Waals surface area (Å²) in [5, 5.41) is 0. The molecule has 0 saturated heterocycles. The van der Waals surface area contributed by atoms with E-state index in [1.165, 1.54) is 0 Å². The van der Waals surface area contributed by atoms with Gasteiger partial charge in [-0.1, -0.05) is 25.5 Å². The number of allylic oxidation sites excluding steroid dienone is 1. The Morgan fingerprint density at radius 1 is 1.57 bits per heavy atom. The SMILES string of the molecule is CC(C)[C@@H]1CC=C(CS(=O)(=O)O)CC1. The molecule has 0 radical (unpaired) electrons. The largest absolute Gasteiger partial charge is 0.285 e. The van der Waals surface area contributed by atoms with Crippen molar-refractivity contribution in [1.29, 1.82) is 0 Å². The van der Waals surface area contributed by atoms with Crippen LogP contribution in [-0.4, -0.2) is 18.7 Å². The smallest absolute Gasteiger partial charge is 0.268 e. The molecule has 1 atom stereocenters. The van der Waals surface area contributed by atoms with Crippen LogP contribution in [0, 0.1) is 11.8 Å². The minimum Gasteiger partial charge on any atom is -0.285 e. The normalized spacial score (nSPS) is 23.7. The van der Waals surface area contributed by atoms with Crippen LogP contribution in [0.2, 0.25) is 0 Å². The van der Waals surface area contributed by atoms with Gasteiger partial charge >= 0.3 is 0 Å². The van der Waals surface area contributed by atoms with Gasteiger partial charge < -0.3 is 0 Å². The lowest BCUT2D eigenvalue weighted by Gasteiger charge is -2.24. The van der Waals surface area contributed by atoms with Gasteiger partial charge in [0.25, 0.3) is 10.1 Å². The fourth-order valence-electron chi connectivity index (χ4n) is 1.88. The van der Waals surface area contributed by atoms with Crippen molar-refractivity contribution in [1.82, 2.24) is 0 Å². The Morgan fingerprint density at radius 3 is 2.57 bits per heavy atom. The zero-order chi connectivity index (χ0) is 10.8. The Kier molecular flexibility index (Phi) is 3.72. The van der Waals surface area contributed by atoms with E-state index in [9.17, 15) is 8.42 Å². The maximum absolute atomic E-state index is 10.6. The van der Waals surface area contributed by atoms with E-state index in [1.54, 1.807) is 0 Å². The molecule has 0 aromatic carbocycles. The van der Waals surface area contributed by atoms with Crippen molar-refractivity contribution in [3.8, 4) is 0 Å². The van der Waals surface area contributed by atoms with Gasteiger partial charge in [0.05, 0.1) is 5.75 Å². The average molecular weight is 218 g/mol. The van der Waals surface area contributed by atoms with Gasteiger partial charge in [0, 0.05) is 0 Å². The first kappa shape index (κ1) is 11.7. The van der Waals surface area contributed by atoms with E-state index in [2.05, 4.69) is 13.8 Å². The predicted molar refractivity (Wildman–Crippen MR) is 56.7 cm³/mol. The van der Waals surface area contributed by atoms with Crippen LogP contribution in [-0.2, 0) is 10.1 Å². The van der Waals surface area contributed by atoms with Crippen molar-refractivity contribution in [3.63, 3.8) is 0 Å². The molecule has 0 bridgehead atoms. The number of hydrogen-bond acceptors (Lipinski definition) is 2. The quantitative estimate of drug-likeness (QED) is 0.584. The molecule has 0 aromatic rings. The first-order valence-electron chi connectivity index (χ1n) is 5.01. The minimum absolute atomic E-state index is 0.183. The van der Waals surface area contributed by atoms with Crippen molar-refractivity contribution >= 4 is 10.1 Å². The van der Waals surface area contributed by atoms with E-state index in [0.29, 0.717) is 11.8 Å². The zero-order valence-electron chi connectivity index (χ0n) is 8.73. The summed E-state index contributed by atoms with van der Waals surface area (Å²) in [6.07, 6.45) is 4.77. The van der Waals surface area contributed by atoms with E-state index >= 15 is 0 Å². The summed E-state index contributed by atoms with van der Waals surface area (Å²) in [4.78, 5) is 0. The molecule has 0 fully saturated rings. The summed E-state index contributed by atoms with van der Waals surface area (Å²) < 4.78 is 29.9. The molecule has 0 unspecified atom stereocenters. The van der Waals surface area contributed by atoms with E-state index in [-0.39, 0.29) is 5.75 Å². The van der Waals surface area contributed by atoms with Gasteiger partial charge in [-0.05, 0) is 31.1 Å². The summed E-state index contributed by atoms with van der Waals surface area (Å²) >= 11 is 0. The molecule has 0 heterocycles. The van der Waals surface area contributed by atoms with Gasteiger partial charge in [-0.25, -0.2) is 0 Å². The third kappa shape index (κ3) is 3.80. The molecule has 1 N–H and O–H groups in total. The van der Waals surface area contributed by atoms with E-state index in [4.69, 9.17) is 4.55 Å². The summed E-state index contributed by atoms with van der Waals surface area (Å²) in [5.74, 6) is 1.14. The second-order valence-electron chi connectivity index (χ2n) is 4.37. The van der Waals surface area contributed by atoms with Gasteiger partial charge in [0.1, 0.15) is 0 Å². The molecule has 0 spiro atoms. The summed E-state index contributed by atoms with van der Waals surface area (Å²) in [5.41, 5.74) is 0.865. The Bertz CT molecular complexity index is 314. The van der Waals surface area contributed by atoms with Crippen LogP contribution in [0.25, 0.3) is 0 Å². The van der Waals surface area contributed by atoms with Crippen molar-refractivity contribution in [3.05, 3.63) is 11.6 Å². The molecule has 14 heavy (non-hydrogen) atoms. The Balaban J connectivity index is 2.54. The highest BCUT2D eigenvalue weighted by Gasteiger charge is 2.19. The molecular weight excluding hydrogens is 200 g/mol. The van der Waals surface area contributed by atoms with Crippen molar-refractivity contribution < 1.29 is 13.0 Å². The highest BCUT2D eigenvalue weighted by atomic mass is 32.2. The van der Waals surface area contributed by atoms with Crippen LogP contribution in [0.4, 0.5) is 0 Å². The van der Waals surface area contributed by atoms with Gasteiger partial charge in [0.15, 0.2) is 0 Å². The standard InChI is InChI=1S/C10H18O3S/c1-8(2)10-5-3-9(4-6-10)7-14(11,12)13/h3,8,10H,4-7H2,1-2H3,(H,11,12,13)/t10-/m1/s1. The molecule has 82 valence electrons. The summed E-state index contributed by atoms with van der Waals surface area (Å²) in [6, 6.07) is 0. The van der Waals surface area contributed by atoms with Crippen molar-refractivity contribution in [2.24, 2.45) is 11.8 Å². The predicted octanol–water partition coefficient (Wildman–Crippen LogP) is 2.26. The van der Waals surface area contributed by atoms with Crippen LogP contribution in [0.3, 0.4) is 0 Å². The maximum Gasteiger partial charge on any atom is 0.268 e.